The van der Waals surface area contributed by atoms with Gasteiger partial charge in [-0.2, -0.15) is 0 Å². The van der Waals surface area contributed by atoms with Crippen LogP contribution >= 0.6 is 23.2 Å². The lowest BCUT2D eigenvalue weighted by Gasteiger charge is -2.20. The van der Waals surface area contributed by atoms with Crippen LogP contribution in [0.3, 0.4) is 0 Å². The summed E-state index contributed by atoms with van der Waals surface area (Å²) in [6.45, 7) is 3.76. The fourth-order valence-corrected chi connectivity index (χ4v) is 2.83. The van der Waals surface area contributed by atoms with E-state index in [1.54, 1.807) is 12.1 Å². The Balaban J connectivity index is 2.13. The van der Waals surface area contributed by atoms with Crippen LogP contribution in [-0.4, -0.2) is 28.9 Å². The third-order valence-corrected chi connectivity index (χ3v) is 4.24. The fourth-order valence-electron chi connectivity index (χ4n) is 2.49. The lowest BCUT2D eigenvalue weighted by Crippen LogP contribution is -2.32. The molecule has 19 heavy (non-hydrogen) atoms. The maximum atomic E-state index is 12.4. The van der Waals surface area contributed by atoms with Crippen LogP contribution in [0, 0.1) is 5.92 Å². The van der Waals surface area contributed by atoms with Crippen LogP contribution in [0.2, 0.25) is 10.2 Å². The molecule has 1 amide bonds. The molecule has 3 nitrogen and oxygen atoms in total. The van der Waals surface area contributed by atoms with E-state index in [1.165, 1.54) is 12.8 Å². The normalized spacial score (nSPS) is 20.2. The smallest absolute Gasteiger partial charge is 0.274 e. The highest BCUT2D eigenvalue weighted by molar-refractivity contribution is 6.34. The SMILES string of the molecule is CCC1CCCN(C(=O)c2nc(Cl)ccc2Cl)CC1. The Morgan fingerprint density at radius 1 is 1.37 bits per heavy atom. The molecule has 1 aromatic heterocycles. The number of pyridine rings is 1. The second-order valence-corrected chi connectivity index (χ2v) is 5.76. The first-order valence-corrected chi connectivity index (χ1v) is 7.48. The molecule has 2 heterocycles. The summed E-state index contributed by atoms with van der Waals surface area (Å²) in [5.41, 5.74) is 0.268. The van der Waals surface area contributed by atoms with Crippen molar-refractivity contribution in [3.05, 3.63) is 28.0 Å². The molecule has 2 rings (SSSR count). The molecule has 1 atom stereocenters. The first kappa shape index (κ1) is 14.6. The van der Waals surface area contributed by atoms with Gasteiger partial charge in [0.2, 0.25) is 0 Å². The lowest BCUT2D eigenvalue weighted by molar-refractivity contribution is 0.0754. The first-order chi connectivity index (χ1) is 9.11. The topological polar surface area (TPSA) is 33.2 Å². The largest absolute Gasteiger partial charge is 0.337 e. The molecule has 0 bridgehead atoms. The zero-order valence-electron chi connectivity index (χ0n) is 11.0. The number of hydrogen-bond acceptors (Lipinski definition) is 2. The Morgan fingerprint density at radius 3 is 2.89 bits per heavy atom. The van der Waals surface area contributed by atoms with E-state index >= 15 is 0 Å². The van der Waals surface area contributed by atoms with Gasteiger partial charge in [0, 0.05) is 13.1 Å². The molecule has 5 heteroatoms. The van der Waals surface area contributed by atoms with Gasteiger partial charge in [-0.15, -0.1) is 0 Å². The van der Waals surface area contributed by atoms with Crippen LogP contribution in [-0.2, 0) is 0 Å². The molecule has 0 N–H and O–H groups in total. The van der Waals surface area contributed by atoms with E-state index in [0.29, 0.717) is 10.2 Å². The number of halogens is 2. The minimum atomic E-state index is -0.107. The summed E-state index contributed by atoms with van der Waals surface area (Å²) in [6, 6.07) is 3.22. The molecule has 0 spiro atoms. The van der Waals surface area contributed by atoms with E-state index in [4.69, 9.17) is 23.2 Å². The maximum Gasteiger partial charge on any atom is 0.274 e. The van der Waals surface area contributed by atoms with E-state index in [2.05, 4.69) is 11.9 Å². The van der Waals surface area contributed by atoms with Gasteiger partial charge in [-0.05, 0) is 37.3 Å². The molecule has 0 radical (unpaired) electrons. The summed E-state index contributed by atoms with van der Waals surface area (Å²) >= 11 is 11.9. The Hall–Kier alpha value is -0.800. The summed E-state index contributed by atoms with van der Waals surface area (Å²) in [7, 11) is 0. The number of likely N-dealkylation sites (tertiary alicyclic amines) is 1. The molecule has 1 aliphatic rings. The molecule has 0 aliphatic carbocycles. The zero-order valence-corrected chi connectivity index (χ0v) is 12.5. The Morgan fingerprint density at radius 2 is 2.16 bits per heavy atom. The second kappa shape index (κ2) is 6.58. The minimum absolute atomic E-state index is 0.107. The quantitative estimate of drug-likeness (QED) is 0.772. The van der Waals surface area contributed by atoms with Crippen molar-refractivity contribution in [1.82, 2.24) is 9.88 Å². The monoisotopic (exact) mass is 300 g/mol. The van der Waals surface area contributed by atoms with Gasteiger partial charge < -0.3 is 4.90 Å². The molecule has 0 saturated carbocycles. The summed E-state index contributed by atoms with van der Waals surface area (Å²) in [4.78, 5) is 18.3. The van der Waals surface area contributed by atoms with Crippen LogP contribution in [0.4, 0.5) is 0 Å². The van der Waals surface area contributed by atoms with Crippen molar-refractivity contribution < 1.29 is 4.79 Å². The van der Waals surface area contributed by atoms with Gasteiger partial charge in [0.15, 0.2) is 0 Å². The van der Waals surface area contributed by atoms with Gasteiger partial charge in [0.05, 0.1) is 5.02 Å². The third kappa shape index (κ3) is 3.61. The Bertz CT molecular complexity index is 465. The molecule has 1 fully saturated rings. The average molecular weight is 301 g/mol. The van der Waals surface area contributed by atoms with Gasteiger partial charge in [-0.25, -0.2) is 4.98 Å². The zero-order chi connectivity index (χ0) is 13.8. The molecular formula is C14H18Cl2N2O. The van der Waals surface area contributed by atoms with Crippen molar-refractivity contribution in [2.24, 2.45) is 5.92 Å². The Labute approximate surface area is 123 Å². The van der Waals surface area contributed by atoms with Crippen molar-refractivity contribution >= 4 is 29.1 Å². The van der Waals surface area contributed by atoms with E-state index in [-0.39, 0.29) is 11.6 Å². The van der Waals surface area contributed by atoms with Gasteiger partial charge in [-0.3, -0.25) is 4.79 Å². The van der Waals surface area contributed by atoms with Crippen molar-refractivity contribution in [2.45, 2.75) is 32.6 Å². The molecule has 1 saturated heterocycles. The highest BCUT2D eigenvalue weighted by Crippen LogP contribution is 2.23. The predicted molar refractivity (Wildman–Crippen MR) is 77.8 cm³/mol. The Kier molecular flexibility index (Phi) is 5.06. The fraction of sp³-hybridized carbons (Fsp3) is 0.571. The van der Waals surface area contributed by atoms with Crippen molar-refractivity contribution in [2.75, 3.05) is 13.1 Å². The van der Waals surface area contributed by atoms with Crippen LogP contribution in [0.5, 0.6) is 0 Å². The van der Waals surface area contributed by atoms with Gasteiger partial charge in [0.1, 0.15) is 10.8 Å². The first-order valence-electron chi connectivity index (χ1n) is 6.73. The highest BCUT2D eigenvalue weighted by atomic mass is 35.5. The number of nitrogens with zero attached hydrogens (tertiary/aromatic N) is 2. The van der Waals surface area contributed by atoms with E-state index in [1.807, 2.05) is 4.90 Å². The van der Waals surface area contributed by atoms with E-state index in [9.17, 15) is 4.79 Å². The van der Waals surface area contributed by atoms with Gasteiger partial charge in [-0.1, -0.05) is 36.5 Å². The number of hydrogen-bond donors (Lipinski definition) is 0. The molecule has 104 valence electrons. The number of carbonyl (C=O) groups excluding carboxylic acids is 1. The number of carbonyl (C=O) groups is 1. The molecule has 1 aliphatic heterocycles. The van der Waals surface area contributed by atoms with Gasteiger partial charge >= 0.3 is 0 Å². The van der Waals surface area contributed by atoms with Crippen molar-refractivity contribution in [3.8, 4) is 0 Å². The lowest BCUT2D eigenvalue weighted by atomic mass is 9.98. The standard InChI is InChI=1S/C14H18Cl2N2O/c1-2-10-4-3-8-18(9-7-10)14(19)13-11(15)5-6-12(16)17-13/h5-6,10H,2-4,7-9H2,1H3. The summed E-state index contributed by atoms with van der Waals surface area (Å²) in [5, 5.41) is 0.666. The number of rotatable bonds is 2. The van der Waals surface area contributed by atoms with Crippen LogP contribution in [0.1, 0.15) is 43.1 Å². The minimum Gasteiger partial charge on any atom is -0.337 e. The number of amides is 1. The van der Waals surface area contributed by atoms with Crippen LogP contribution in [0.15, 0.2) is 12.1 Å². The average Bonchev–Trinajstić information content (AvgIpc) is 2.66. The highest BCUT2D eigenvalue weighted by Gasteiger charge is 2.23. The number of aromatic nitrogens is 1. The van der Waals surface area contributed by atoms with E-state index in [0.717, 1.165) is 31.8 Å². The maximum absolute atomic E-state index is 12.4. The van der Waals surface area contributed by atoms with E-state index < -0.39 is 0 Å². The predicted octanol–water partition coefficient (Wildman–Crippen LogP) is 4.04. The molecular weight excluding hydrogens is 283 g/mol. The molecule has 1 unspecified atom stereocenters. The molecule has 0 aromatic carbocycles. The van der Waals surface area contributed by atoms with Crippen molar-refractivity contribution in [1.29, 1.82) is 0 Å². The summed E-state index contributed by atoms with van der Waals surface area (Å²) < 4.78 is 0. The van der Waals surface area contributed by atoms with Crippen molar-refractivity contribution in [3.63, 3.8) is 0 Å². The summed E-state index contributed by atoms with van der Waals surface area (Å²) in [5.74, 6) is 0.616. The van der Waals surface area contributed by atoms with Crippen LogP contribution < -0.4 is 0 Å². The second-order valence-electron chi connectivity index (χ2n) is 4.96. The third-order valence-electron chi connectivity index (χ3n) is 3.73. The molecule has 1 aromatic rings. The van der Waals surface area contributed by atoms with Gasteiger partial charge in [0.25, 0.3) is 5.91 Å². The van der Waals surface area contributed by atoms with Crippen LogP contribution in [0.25, 0.3) is 0 Å². The summed E-state index contributed by atoms with van der Waals surface area (Å²) in [6.07, 6.45) is 4.47.